The van der Waals surface area contributed by atoms with E-state index >= 15 is 0 Å². The molecule has 1 aromatic rings. The van der Waals surface area contributed by atoms with Gasteiger partial charge in [-0.1, -0.05) is 6.92 Å². The van der Waals surface area contributed by atoms with Gasteiger partial charge in [0.1, 0.15) is 0 Å². The summed E-state index contributed by atoms with van der Waals surface area (Å²) in [5.41, 5.74) is 2.19. The van der Waals surface area contributed by atoms with Crippen molar-refractivity contribution in [2.45, 2.75) is 19.9 Å². The first-order valence-corrected chi connectivity index (χ1v) is 5.17. The lowest BCUT2D eigenvalue weighted by atomic mass is 10.0. The SMILES string of the molecule is CCc1cc(OC)c(OC)cc1CNC=O. The predicted molar refractivity (Wildman–Crippen MR) is 61.8 cm³/mol. The monoisotopic (exact) mass is 223 g/mol. The zero-order chi connectivity index (χ0) is 12.0. The molecule has 0 aromatic heterocycles. The van der Waals surface area contributed by atoms with Crippen molar-refractivity contribution >= 4 is 6.41 Å². The third-order valence-corrected chi connectivity index (χ3v) is 2.46. The molecule has 0 aliphatic carbocycles. The molecule has 0 bridgehead atoms. The van der Waals surface area contributed by atoms with Gasteiger partial charge in [0.15, 0.2) is 11.5 Å². The molecule has 0 saturated heterocycles. The molecule has 0 aliphatic heterocycles. The molecule has 16 heavy (non-hydrogen) atoms. The van der Waals surface area contributed by atoms with Gasteiger partial charge in [-0.05, 0) is 29.7 Å². The van der Waals surface area contributed by atoms with Crippen LogP contribution < -0.4 is 14.8 Å². The molecule has 0 spiro atoms. The number of nitrogens with one attached hydrogen (secondary N) is 1. The minimum Gasteiger partial charge on any atom is -0.493 e. The predicted octanol–water partition coefficient (Wildman–Crippen LogP) is 1.51. The highest BCUT2D eigenvalue weighted by molar-refractivity contribution is 5.50. The fourth-order valence-electron chi connectivity index (χ4n) is 1.61. The molecule has 88 valence electrons. The van der Waals surface area contributed by atoms with Crippen LogP contribution >= 0.6 is 0 Å². The zero-order valence-electron chi connectivity index (χ0n) is 9.87. The molecule has 4 heteroatoms. The van der Waals surface area contributed by atoms with Crippen LogP contribution in [0.4, 0.5) is 0 Å². The van der Waals surface area contributed by atoms with Crippen molar-refractivity contribution in [2.24, 2.45) is 0 Å². The molecule has 1 rings (SSSR count). The summed E-state index contributed by atoms with van der Waals surface area (Å²) in [5.74, 6) is 1.40. The number of methoxy groups -OCH3 is 2. The average Bonchev–Trinajstić information content (AvgIpc) is 2.35. The van der Waals surface area contributed by atoms with E-state index < -0.39 is 0 Å². The van der Waals surface area contributed by atoms with Gasteiger partial charge in [0, 0.05) is 6.54 Å². The summed E-state index contributed by atoms with van der Waals surface area (Å²) < 4.78 is 10.4. The second kappa shape index (κ2) is 6.00. The molecule has 0 unspecified atom stereocenters. The number of carbonyl (C=O) groups is 1. The van der Waals surface area contributed by atoms with Gasteiger partial charge in [0.2, 0.25) is 6.41 Å². The summed E-state index contributed by atoms with van der Waals surface area (Å²) in [6.07, 6.45) is 1.58. The minimum atomic E-state index is 0.507. The Morgan fingerprint density at radius 2 is 1.75 bits per heavy atom. The maximum absolute atomic E-state index is 10.3. The van der Waals surface area contributed by atoms with Gasteiger partial charge in [0.25, 0.3) is 0 Å². The van der Waals surface area contributed by atoms with E-state index in [0.717, 1.165) is 17.5 Å². The molecule has 1 aromatic carbocycles. The van der Waals surface area contributed by atoms with Crippen LogP contribution in [0.1, 0.15) is 18.1 Å². The number of hydrogen-bond acceptors (Lipinski definition) is 3. The number of aryl methyl sites for hydroxylation is 1. The fraction of sp³-hybridized carbons (Fsp3) is 0.417. The third-order valence-electron chi connectivity index (χ3n) is 2.46. The molecule has 0 saturated carbocycles. The largest absolute Gasteiger partial charge is 0.493 e. The summed E-state index contributed by atoms with van der Waals surface area (Å²) in [6.45, 7) is 2.57. The van der Waals surface area contributed by atoms with Gasteiger partial charge < -0.3 is 14.8 Å². The minimum absolute atomic E-state index is 0.507. The molecule has 1 amide bonds. The van der Waals surface area contributed by atoms with E-state index in [2.05, 4.69) is 12.2 Å². The van der Waals surface area contributed by atoms with Gasteiger partial charge in [-0.2, -0.15) is 0 Å². The molecule has 0 heterocycles. The van der Waals surface area contributed by atoms with Crippen molar-refractivity contribution in [1.29, 1.82) is 0 Å². The Morgan fingerprint density at radius 1 is 1.19 bits per heavy atom. The van der Waals surface area contributed by atoms with Crippen molar-refractivity contribution < 1.29 is 14.3 Å². The summed E-state index contributed by atoms with van der Waals surface area (Å²) in [4.78, 5) is 10.3. The van der Waals surface area contributed by atoms with E-state index in [1.54, 1.807) is 14.2 Å². The Kier molecular flexibility index (Phi) is 4.64. The van der Waals surface area contributed by atoms with Crippen LogP contribution in [0.2, 0.25) is 0 Å². The highest BCUT2D eigenvalue weighted by atomic mass is 16.5. The van der Waals surface area contributed by atoms with Crippen LogP contribution in [0, 0.1) is 0 Å². The summed E-state index contributed by atoms with van der Waals surface area (Å²) in [5, 5.41) is 2.65. The molecular weight excluding hydrogens is 206 g/mol. The van der Waals surface area contributed by atoms with Crippen LogP contribution in [0.25, 0.3) is 0 Å². The number of rotatable bonds is 6. The normalized spacial score (nSPS) is 9.69. The molecule has 1 N–H and O–H groups in total. The quantitative estimate of drug-likeness (QED) is 0.744. The summed E-state index contributed by atoms with van der Waals surface area (Å²) in [7, 11) is 3.21. The highest BCUT2D eigenvalue weighted by Gasteiger charge is 2.09. The Bertz CT molecular complexity index is 364. The second-order valence-electron chi connectivity index (χ2n) is 3.33. The van der Waals surface area contributed by atoms with Crippen molar-refractivity contribution in [3.05, 3.63) is 23.3 Å². The lowest BCUT2D eigenvalue weighted by Crippen LogP contribution is -2.11. The summed E-state index contributed by atoms with van der Waals surface area (Å²) in [6, 6.07) is 3.84. The first-order chi connectivity index (χ1) is 7.76. The summed E-state index contributed by atoms with van der Waals surface area (Å²) >= 11 is 0. The molecule has 0 fully saturated rings. The smallest absolute Gasteiger partial charge is 0.207 e. The Balaban J connectivity index is 3.09. The van der Waals surface area contributed by atoms with E-state index in [4.69, 9.17) is 9.47 Å². The number of ether oxygens (including phenoxy) is 2. The van der Waals surface area contributed by atoms with E-state index in [1.165, 1.54) is 0 Å². The average molecular weight is 223 g/mol. The van der Waals surface area contributed by atoms with Crippen LogP contribution in [0.5, 0.6) is 11.5 Å². The molecular formula is C12H17NO3. The van der Waals surface area contributed by atoms with Crippen LogP contribution in [0.15, 0.2) is 12.1 Å². The van der Waals surface area contributed by atoms with E-state index in [9.17, 15) is 4.79 Å². The van der Waals surface area contributed by atoms with Crippen LogP contribution in [0.3, 0.4) is 0 Å². The van der Waals surface area contributed by atoms with Crippen LogP contribution in [-0.2, 0) is 17.8 Å². The van der Waals surface area contributed by atoms with Gasteiger partial charge >= 0.3 is 0 Å². The number of carbonyl (C=O) groups excluding carboxylic acids is 1. The second-order valence-corrected chi connectivity index (χ2v) is 3.33. The zero-order valence-corrected chi connectivity index (χ0v) is 9.87. The number of benzene rings is 1. The Hall–Kier alpha value is -1.71. The number of amides is 1. The maximum atomic E-state index is 10.3. The first-order valence-electron chi connectivity index (χ1n) is 5.17. The van der Waals surface area contributed by atoms with Crippen molar-refractivity contribution in [1.82, 2.24) is 5.32 Å². The third kappa shape index (κ3) is 2.66. The van der Waals surface area contributed by atoms with Crippen molar-refractivity contribution in [2.75, 3.05) is 14.2 Å². The maximum Gasteiger partial charge on any atom is 0.207 e. The fourth-order valence-corrected chi connectivity index (χ4v) is 1.61. The van der Waals surface area contributed by atoms with Crippen LogP contribution in [-0.4, -0.2) is 20.6 Å². The van der Waals surface area contributed by atoms with Gasteiger partial charge in [-0.25, -0.2) is 0 Å². The van der Waals surface area contributed by atoms with Crippen molar-refractivity contribution in [3.63, 3.8) is 0 Å². The lowest BCUT2D eigenvalue weighted by molar-refractivity contribution is -0.109. The van der Waals surface area contributed by atoms with Gasteiger partial charge in [-0.3, -0.25) is 4.79 Å². The molecule has 0 aliphatic rings. The Morgan fingerprint density at radius 3 is 2.19 bits per heavy atom. The molecule has 0 radical (unpaired) electrons. The highest BCUT2D eigenvalue weighted by Crippen LogP contribution is 2.30. The van der Waals surface area contributed by atoms with Crippen molar-refractivity contribution in [3.8, 4) is 11.5 Å². The topological polar surface area (TPSA) is 47.6 Å². The Labute approximate surface area is 95.6 Å². The lowest BCUT2D eigenvalue weighted by Gasteiger charge is -2.13. The standard InChI is InChI=1S/C12H17NO3/c1-4-9-5-11(15-2)12(16-3)6-10(9)7-13-8-14/h5-6,8H,4,7H2,1-3H3,(H,13,14). The van der Waals surface area contributed by atoms with E-state index in [-0.39, 0.29) is 0 Å². The molecule has 4 nitrogen and oxygen atoms in total. The van der Waals surface area contributed by atoms with Gasteiger partial charge in [0.05, 0.1) is 14.2 Å². The van der Waals surface area contributed by atoms with Gasteiger partial charge in [-0.15, -0.1) is 0 Å². The van der Waals surface area contributed by atoms with E-state index in [0.29, 0.717) is 24.5 Å². The molecule has 0 atom stereocenters. The first kappa shape index (κ1) is 12.4. The number of hydrogen-bond donors (Lipinski definition) is 1. The van der Waals surface area contributed by atoms with E-state index in [1.807, 2.05) is 12.1 Å².